The fourth-order valence-electron chi connectivity index (χ4n) is 2.27. The molecule has 0 spiro atoms. The van der Waals surface area contributed by atoms with Crippen molar-refractivity contribution in [3.05, 3.63) is 41.5 Å². The van der Waals surface area contributed by atoms with Crippen LogP contribution >= 0.6 is 0 Å². The van der Waals surface area contributed by atoms with Crippen LogP contribution < -0.4 is 0 Å². The first-order valence-corrected chi connectivity index (χ1v) is 7.54. The van der Waals surface area contributed by atoms with E-state index in [9.17, 15) is 14.7 Å². The third kappa shape index (κ3) is 6.79. The van der Waals surface area contributed by atoms with Gasteiger partial charge in [-0.3, -0.25) is 4.79 Å². The SMILES string of the molecule is COC(=O)/C=C/c1cccc(C(CCCCCC#N)C(=O)O)c1. The minimum Gasteiger partial charge on any atom is -0.481 e. The van der Waals surface area contributed by atoms with Crippen LogP contribution in [0.2, 0.25) is 0 Å². The molecule has 1 atom stereocenters. The second kappa shape index (κ2) is 10.2. The number of carbonyl (C=O) groups is 2. The van der Waals surface area contributed by atoms with E-state index in [-0.39, 0.29) is 0 Å². The third-order valence-electron chi connectivity index (χ3n) is 3.51. The molecule has 0 bridgehead atoms. The Morgan fingerprint density at radius 1 is 1.35 bits per heavy atom. The van der Waals surface area contributed by atoms with Gasteiger partial charge >= 0.3 is 11.9 Å². The van der Waals surface area contributed by atoms with Gasteiger partial charge in [0.05, 0.1) is 19.1 Å². The minimum atomic E-state index is -0.862. The molecule has 0 aliphatic rings. The molecule has 0 aliphatic heterocycles. The van der Waals surface area contributed by atoms with Crippen LogP contribution in [0.5, 0.6) is 0 Å². The lowest BCUT2D eigenvalue weighted by Crippen LogP contribution is -2.11. The molecular weight excluding hydrogens is 294 g/mol. The topological polar surface area (TPSA) is 87.4 Å². The number of hydrogen-bond acceptors (Lipinski definition) is 4. The van der Waals surface area contributed by atoms with Crippen molar-refractivity contribution in [2.45, 2.75) is 38.0 Å². The Morgan fingerprint density at radius 2 is 2.13 bits per heavy atom. The maximum Gasteiger partial charge on any atom is 0.330 e. The Morgan fingerprint density at radius 3 is 2.78 bits per heavy atom. The van der Waals surface area contributed by atoms with Gasteiger partial charge in [0.2, 0.25) is 0 Å². The van der Waals surface area contributed by atoms with Crippen LogP contribution in [-0.2, 0) is 14.3 Å². The standard InChI is InChI=1S/C18H21NO4/c1-23-17(20)11-10-14-7-6-8-15(13-14)16(18(21)22)9-4-2-3-5-12-19/h6-8,10-11,13,16H,2-5,9H2,1H3,(H,21,22)/b11-10+. The van der Waals surface area contributed by atoms with Crippen LogP contribution in [0.4, 0.5) is 0 Å². The Hall–Kier alpha value is -2.61. The van der Waals surface area contributed by atoms with Crippen LogP contribution in [0, 0.1) is 11.3 Å². The predicted octanol–water partition coefficient (Wildman–Crippen LogP) is 3.52. The number of methoxy groups -OCH3 is 1. The molecule has 1 unspecified atom stereocenters. The van der Waals surface area contributed by atoms with Gasteiger partial charge in [0.25, 0.3) is 0 Å². The maximum atomic E-state index is 11.5. The summed E-state index contributed by atoms with van der Waals surface area (Å²) < 4.78 is 4.53. The highest BCUT2D eigenvalue weighted by Crippen LogP contribution is 2.24. The Balaban J connectivity index is 2.75. The van der Waals surface area contributed by atoms with Crippen LogP contribution in [0.25, 0.3) is 6.08 Å². The molecule has 1 aromatic rings. The number of benzene rings is 1. The number of carboxylic acids is 1. The molecule has 0 aliphatic carbocycles. The molecule has 1 N–H and O–H groups in total. The number of ether oxygens (including phenoxy) is 1. The van der Waals surface area contributed by atoms with Crippen molar-refractivity contribution in [1.82, 2.24) is 0 Å². The number of rotatable bonds is 9. The number of unbranched alkanes of at least 4 members (excludes halogenated alkanes) is 3. The molecular formula is C18H21NO4. The summed E-state index contributed by atoms with van der Waals surface area (Å²) in [6.45, 7) is 0. The summed E-state index contributed by atoms with van der Waals surface area (Å²) in [7, 11) is 1.30. The predicted molar refractivity (Wildman–Crippen MR) is 86.6 cm³/mol. The van der Waals surface area contributed by atoms with E-state index in [2.05, 4.69) is 10.8 Å². The Labute approximate surface area is 136 Å². The lowest BCUT2D eigenvalue weighted by atomic mass is 9.92. The summed E-state index contributed by atoms with van der Waals surface area (Å²) in [6.07, 6.45) is 6.35. The highest BCUT2D eigenvalue weighted by molar-refractivity contribution is 5.87. The van der Waals surface area contributed by atoms with Crippen molar-refractivity contribution in [1.29, 1.82) is 5.26 Å². The fourth-order valence-corrected chi connectivity index (χ4v) is 2.27. The summed E-state index contributed by atoms with van der Waals surface area (Å²) >= 11 is 0. The van der Waals surface area contributed by atoms with Crippen molar-refractivity contribution >= 4 is 18.0 Å². The van der Waals surface area contributed by atoms with Gasteiger partial charge in [0.1, 0.15) is 0 Å². The van der Waals surface area contributed by atoms with Gasteiger partial charge in [0.15, 0.2) is 0 Å². The van der Waals surface area contributed by atoms with Gasteiger partial charge in [0, 0.05) is 12.5 Å². The van der Waals surface area contributed by atoms with E-state index >= 15 is 0 Å². The van der Waals surface area contributed by atoms with Crippen molar-refractivity contribution in [2.75, 3.05) is 7.11 Å². The average Bonchev–Trinajstić information content (AvgIpc) is 2.55. The molecule has 0 amide bonds. The van der Waals surface area contributed by atoms with Gasteiger partial charge in [-0.25, -0.2) is 4.79 Å². The van der Waals surface area contributed by atoms with Crippen LogP contribution in [0.15, 0.2) is 30.3 Å². The van der Waals surface area contributed by atoms with E-state index in [4.69, 9.17) is 5.26 Å². The number of nitrogens with zero attached hydrogens (tertiary/aromatic N) is 1. The average molecular weight is 315 g/mol. The first kappa shape index (κ1) is 18.4. The van der Waals surface area contributed by atoms with Gasteiger partial charge in [-0.05, 0) is 30.0 Å². The molecule has 5 heteroatoms. The molecule has 0 saturated carbocycles. The largest absolute Gasteiger partial charge is 0.481 e. The molecule has 0 fully saturated rings. The normalized spacial score (nSPS) is 11.8. The second-order valence-electron chi connectivity index (χ2n) is 5.17. The van der Waals surface area contributed by atoms with Gasteiger partial charge in [-0.1, -0.05) is 37.1 Å². The van der Waals surface area contributed by atoms with Crippen LogP contribution in [0.3, 0.4) is 0 Å². The summed E-state index contributed by atoms with van der Waals surface area (Å²) in [4.78, 5) is 22.6. The number of carboxylic acid groups (broad SMARTS) is 1. The lowest BCUT2D eigenvalue weighted by Gasteiger charge is -2.13. The van der Waals surface area contributed by atoms with E-state index in [0.717, 1.165) is 24.8 Å². The fraction of sp³-hybridized carbons (Fsp3) is 0.389. The number of hydrogen-bond donors (Lipinski definition) is 1. The zero-order valence-corrected chi connectivity index (χ0v) is 13.2. The number of esters is 1. The summed E-state index contributed by atoms with van der Waals surface area (Å²) in [5, 5.41) is 17.9. The number of carbonyl (C=O) groups excluding carboxylic acids is 1. The Kier molecular flexibility index (Phi) is 8.16. The van der Waals surface area contributed by atoms with Crippen molar-refractivity contribution < 1.29 is 19.4 Å². The molecule has 122 valence electrons. The van der Waals surface area contributed by atoms with Crippen molar-refractivity contribution in [2.24, 2.45) is 0 Å². The second-order valence-corrected chi connectivity index (χ2v) is 5.17. The molecule has 0 aromatic heterocycles. The van der Waals surface area contributed by atoms with E-state index in [1.54, 1.807) is 30.3 Å². The number of aliphatic carboxylic acids is 1. The number of nitriles is 1. The summed E-state index contributed by atoms with van der Waals surface area (Å²) in [5.74, 6) is -1.90. The molecule has 5 nitrogen and oxygen atoms in total. The smallest absolute Gasteiger partial charge is 0.330 e. The molecule has 23 heavy (non-hydrogen) atoms. The Bertz CT molecular complexity index is 601. The first-order chi connectivity index (χ1) is 11.1. The lowest BCUT2D eigenvalue weighted by molar-refractivity contribution is -0.139. The molecule has 0 saturated heterocycles. The zero-order chi connectivity index (χ0) is 17.1. The third-order valence-corrected chi connectivity index (χ3v) is 3.51. The summed E-state index contributed by atoms with van der Waals surface area (Å²) in [5.41, 5.74) is 1.47. The highest BCUT2D eigenvalue weighted by atomic mass is 16.5. The zero-order valence-electron chi connectivity index (χ0n) is 13.2. The minimum absolute atomic E-state index is 0.456. The van der Waals surface area contributed by atoms with Crippen molar-refractivity contribution in [3.8, 4) is 6.07 Å². The van der Waals surface area contributed by atoms with Crippen LogP contribution in [-0.4, -0.2) is 24.2 Å². The monoisotopic (exact) mass is 315 g/mol. The van der Waals surface area contributed by atoms with Crippen molar-refractivity contribution in [3.63, 3.8) is 0 Å². The quantitative estimate of drug-likeness (QED) is 0.428. The van der Waals surface area contributed by atoms with E-state index in [1.807, 2.05) is 0 Å². The molecule has 1 aromatic carbocycles. The van der Waals surface area contributed by atoms with E-state index in [1.165, 1.54) is 13.2 Å². The van der Waals surface area contributed by atoms with E-state index < -0.39 is 17.9 Å². The molecule has 1 rings (SSSR count). The first-order valence-electron chi connectivity index (χ1n) is 7.54. The van der Waals surface area contributed by atoms with E-state index in [0.29, 0.717) is 18.4 Å². The highest BCUT2D eigenvalue weighted by Gasteiger charge is 2.19. The maximum absolute atomic E-state index is 11.5. The molecule has 0 heterocycles. The van der Waals surface area contributed by atoms with Gasteiger partial charge in [-0.15, -0.1) is 0 Å². The van der Waals surface area contributed by atoms with Gasteiger partial charge in [-0.2, -0.15) is 5.26 Å². The summed E-state index contributed by atoms with van der Waals surface area (Å²) in [6, 6.07) is 9.21. The van der Waals surface area contributed by atoms with Crippen LogP contribution in [0.1, 0.15) is 49.1 Å². The van der Waals surface area contributed by atoms with Gasteiger partial charge < -0.3 is 9.84 Å². The molecule has 0 radical (unpaired) electrons.